The lowest BCUT2D eigenvalue weighted by molar-refractivity contribution is 0.0689. The van der Waals surface area contributed by atoms with Gasteiger partial charge in [0, 0.05) is 13.0 Å². The van der Waals surface area contributed by atoms with Gasteiger partial charge in [0.15, 0.2) is 5.65 Å². The number of aliphatic hydroxyl groups is 1. The lowest BCUT2D eigenvalue weighted by Gasteiger charge is -2.16. The summed E-state index contributed by atoms with van der Waals surface area (Å²) in [4.78, 5) is 16.5. The molecule has 0 unspecified atom stereocenters. The number of aromatic nitrogens is 3. The largest absolute Gasteiger partial charge is 0.492 e. The molecule has 2 aromatic heterocycles. The zero-order chi connectivity index (χ0) is 19.4. The Morgan fingerprint density at radius 1 is 1.30 bits per heavy atom. The minimum absolute atomic E-state index is 0.0591. The molecule has 0 aliphatic rings. The van der Waals surface area contributed by atoms with Gasteiger partial charge in [-0.25, -0.2) is 9.50 Å². The van der Waals surface area contributed by atoms with Crippen LogP contribution in [0.2, 0.25) is 0 Å². The van der Waals surface area contributed by atoms with E-state index in [1.807, 2.05) is 31.2 Å². The molecule has 0 radical (unpaired) electrons. The van der Waals surface area contributed by atoms with Gasteiger partial charge in [0.2, 0.25) is 5.82 Å². The maximum Gasteiger partial charge on any atom is 0.291 e. The molecule has 142 valence electrons. The Kier molecular flexibility index (Phi) is 5.41. The maximum atomic E-state index is 12.2. The van der Waals surface area contributed by atoms with Crippen LogP contribution in [-0.2, 0) is 6.42 Å². The number of nitrogens with zero attached hydrogens (tertiary/aromatic N) is 3. The minimum atomic E-state index is -0.996. The number of benzene rings is 1. The second kappa shape index (κ2) is 7.75. The van der Waals surface area contributed by atoms with E-state index < -0.39 is 11.5 Å². The molecule has 0 saturated heterocycles. The van der Waals surface area contributed by atoms with Crippen molar-refractivity contribution in [1.29, 1.82) is 0 Å². The standard InChI is InChI=1S/C20H24N4O3/c1-14-11-16(27-10-9-15-7-5-4-6-8-15)12-24-18(14)22-17(23-24)19(25)21-13-20(2,3)26/h4-8,11-12,26H,9-10,13H2,1-3H3,(H,21,25). The second-order valence-electron chi connectivity index (χ2n) is 7.14. The maximum absolute atomic E-state index is 12.2. The van der Waals surface area contributed by atoms with Crippen molar-refractivity contribution in [3.63, 3.8) is 0 Å². The second-order valence-corrected chi connectivity index (χ2v) is 7.14. The van der Waals surface area contributed by atoms with Crippen molar-refractivity contribution >= 4 is 11.6 Å². The van der Waals surface area contributed by atoms with E-state index in [4.69, 9.17) is 4.74 Å². The van der Waals surface area contributed by atoms with Crippen molar-refractivity contribution in [1.82, 2.24) is 19.9 Å². The first-order valence-electron chi connectivity index (χ1n) is 8.86. The van der Waals surface area contributed by atoms with Crippen molar-refractivity contribution < 1.29 is 14.6 Å². The zero-order valence-electron chi connectivity index (χ0n) is 15.8. The Morgan fingerprint density at radius 3 is 2.74 bits per heavy atom. The Labute approximate surface area is 158 Å². The molecule has 0 atom stereocenters. The van der Waals surface area contributed by atoms with Crippen LogP contribution in [0, 0.1) is 6.92 Å². The fraction of sp³-hybridized carbons (Fsp3) is 0.350. The normalized spacial score (nSPS) is 11.6. The average Bonchev–Trinajstić information content (AvgIpc) is 3.05. The third-order valence-corrected chi connectivity index (χ3v) is 3.98. The van der Waals surface area contributed by atoms with E-state index in [1.54, 1.807) is 24.6 Å². The molecule has 0 saturated carbocycles. The number of hydrogen-bond acceptors (Lipinski definition) is 5. The highest BCUT2D eigenvalue weighted by Gasteiger charge is 2.18. The molecule has 1 aromatic carbocycles. The molecule has 7 nitrogen and oxygen atoms in total. The van der Waals surface area contributed by atoms with Crippen molar-refractivity contribution in [2.24, 2.45) is 0 Å². The summed E-state index contributed by atoms with van der Waals surface area (Å²) >= 11 is 0. The monoisotopic (exact) mass is 368 g/mol. The third-order valence-electron chi connectivity index (χ3n) is 3.98. The number of carbonyl (C=O) groups is 1. The molecule has 0 bridgehead atoms. The Bertz CT molecular complexity index is 930. The van der Waals surface area contributed by atoms with Crippen LogP contribution in [0.3, 0.4) is 0 Å². The molecule has 3 rings (SSSR count). The van der Waals surface area contributed by atoms with Crippen molar-refractivity contribution in [3.8, 4) is 5.75 Å². The molecule has 7 heteroatoms. The van der Waals surface area contributed by atoms with E-state index in [9.17, 15) is 9.90 Å². The summed E-state index contributed by atoms with van der Waals surface area (Å²) in [5.41, 5.74) is 1.67. The molecule has 1 amide bonds. The summed E-state index contributed by atoms with van der Waals surface area (Å²) in [5.74, 6) is 0.305. The van der Waals surface area contributed by atoms with Gasteiger partial charge in [-0.3, -0.25) is 4.79 Å². The Morgan fingerprint density at radius 2 is 2.04 bits per heavy atom. The van der Waals surface area contributed by atoms with Crippen molar-refractivity contribution in [3.05, 3.63) is 59.5 Å². The number of nitrogens with one attached hydrogen (secondary N) is 1. The lowest BCUT2D eigenvalue weighted by Crippen LogP contribution is -2.38. The molecule has 27 heavy (non-hydrogen) atoms. The van der Waals surface area contributed by atoms with E-state index >= 15 is 0 Å². The predicted molar refractivity (Wildman–Crippen MR) is 102 cm³/mol. The predicted octanol–water partition coefficient (Wildman–Crippen LogP) is 2.16. The first-order valence-corrected chi connectivity index (χ1v) is 8.86. The fourth-order valence-corrected chi connectivity index (χ4v) is 2.60. The minimum Gasteiger partial charge on any atom is -0.492 e. The number of ether oxygens (including phenoxy) is 1. The molecule has 0 aliphatic heterocycles. The van der Waals surface area contributed by atoms with Gasteiger partial charge in [-0.05, 0) is 38.0 Å². The fourth-order valence-electron chi connectivity index (χ4n) is 2.60. The average molecular weight is 368 g/mol. The molecule has 0 fully saturated rings. The van der Waals surface area contributed by atoms with E-state index in [2.05, 4.69) is 27.5 Å². The highest BCUT2D eigenvalue weighted by Crippen LogP contribution is 2.17. The molecule has 3 aromatic rings. The van der Waals surface area contributed by atoms with E-state index in [1.165, 1.54) is 5.56 Å². The first kappa shape index (κ1) is 18.8. The van der Waals surface area contributed by atoms with Crippen LogP contribution in [0.1, 0.15) is 35.6 Å². The summed E-state index contributed by atoms with van der Waals surface area (Å²) in [5, 5.41) is 16.6. The number of carbonyl (C=O) groups excluding carboxylic acids is 1. The Balaban J connectivity index is 1.69. The van der Waals surface area contributed by atoms with Crippen LogP contribution >= 0.6 is 0 Å². The van der Waals surface area contributed by atoms with Gasteiger partial charge in [-0.1, -0.05) is 30.3 Å². The van der Waals surface area contributed by atoms with Crippen LogP contribution in [0.25, 0.3) is 5.65 Å². The summed E-state index contributed by atoms with van der Waals surface area (Å²) in [6.45, 7) is 5.80. The summed E-state index contributed by atoms with van der Waals surface area (Å²) in [6.07, 6.45) is 2.52. The highest BCUT2D eigenvalue weighted by atomic mass is 16.5. The van der Waals surface area contributed by atoms with Crippen LogP contribution < -0.4 is 10.1 Å². The smallest absolute Gasteiger partial charge is 0.291 e. The van der Waals surface area contributed by atoms with Gasteiger partial charge in [-0.2, -0.15) is 0 Å². The first-order chi connectivity index (χ1) is 12.8. The summed E-state index contributed by atoms with van der Waals surface area (Å²) in [6, 6.07) is 12.0. The van der Waals surface area contributed by atoms with Gasteiger partial charge < -0.3 is 15.2 Å². The van der Waals surface area contributed by atoms with Gasteiger partial charge >= 0.3 is 0 Å². The quantitative estimate of drug-likeness (QED) is 0.667. The summed E-state index contributed by atoms with van der Waals surface area (Å²) in [7, 11) is 0. The zero-order valence-corrected chi connectivity index (χ0v) is 15.8. The SMILES string of the molecule is Cc1cc(OCCc2ccccc2)cn2nc(C(=O)NCC(C)(C)O)nc12. The van der Waals surface area contributed by atoms with Crippen LogP contribution in [0.5, 0.6) is 5.75 Å². The van der Waals surface area contributed by atoms with Gasteiger partial charge in [-0.15, -0.1) is 5.10 Å². The highest BCUT2D eigenvalue weighted by molar-refractivity contribution is 5.91. The molecular formula is C20H24N4O3. The molecule has 2 heterocycles. The van der Waals surface area contributed by atoms with Crippen LogP contribution in [0.15, 0.2) is 42.6 Å². The number of aryl methyl sites for hydroxylation is 1. The van der Waals surface area contributed by atoms with E-state index in [0.29, 0.717) is 18.0 Å². The number of rotatable bonds is 7. The Hall–Kier alpha value is -2.93. The van der Waals surface area contributed by atoms with Gasteiger partial charge in [0.25, 0.3) is 5.91 Å². The lowest BCUT2D eigenvalue weighted by atomic mass is 10.1. The number of fused-ring (bicyclic) bond motifs is 1. The van der Waals surface area contributed by atoms with Gasteiger partial charge in [0.05, 0.1) is 18.4 Å². The van der Waals surface area contributed by atoms with Crippen molar-refractivity contribution in [2.75, 3.05) is 13.2 Å². The van der Waals surface area contributed by atoms with Crippen LogP contribution in [0.4, 0.5) is 0 Å². The summed E-state index contributed by atoms with van der Waals surface area (Å²) < 4.78 is 7.39. The molecular weight excluding hydrogens is 344 g/mol. The van der Waals surface area contributed by atoms with Gasteiger partial charge in [0.1, 0.15) is 5.75 Å². The topological polar surface area (TPSA) is 88.8 Å². The van der Waals surface area contributed by atoms with E-state index in [-0.39, 0.29) is 12.4 Å². The third kappa shape index (κ3) is 5.04. The molecule has 0 spiro atoms. The number of pyridine rings is 1. The number of amides is 1. The number of hydrogen-bond donors (Lipinski definition) is 2. The molecule has 2 N–H and O–H groups in total. The van der Waals surface area contributed by atoms with Crippen molar-refractivity contribution in [2.45, 2.75) is 32.8 Å². The molecule has 0 aliphatic carbocycles. The van der Waals surface area contributed by atoms with E-state index in [0.717, 1.165) is 12.0 Å². The van der Waals surface area contributed by atoms with Crippen LogP contribution in [-0.4, -0.2) is 44.4 Å².